The molecule has 2 N–H and O–H groups in total. The quantitative estimate of drug-likeness (QED) is 0.879. The zero-order valence-electron chi connectivity index (χ0n) is 10.4. The number of carbonyl (C=O) groups excluding carboxylic acids is 1. The maximum Gasteiger partial charge on any atom is 0.285 e. The van der Waals surface area contributed by atoms with Crippen molar-refractivity contribution < 1.29 is 4.79 Å². The minimum Gasteiger partial charge on any atom is -0.373 e. The van der Waals surface area contributed by atoms with Gasteiger partial charge in [-0.15, -0.1) is 0 Å². The van der Waals surface area contributed by atoms with Gasteiger partial charge < -0.3 is 5.32 Å². The van der Waals surface area contributed by atoms with Crippen molar-refractivity contribution in [2.45, 2.75) is 19.3 Å². The van der Waals surface area contributed by atoms with Crippen LogP contribution in [0.3, 0.4) is 0 Å². The molecule has 0 unspecified atom stereocenters. The number of hydrazine groups is 1. The first-order valence-electron chi connectivity index (χ1n) is 6.11. The highest BCUT2D eigenvalue weighted by Crippen LogP contribution is 2.17. The molecule has 0 aliphatic carbocycles. The maximum atomic E-state index is 12.1. The van der Waals surface area contributed by atoms with E-state index in [9.17, 15) is 4.79 Å². The summed E-state index contributed by atoms with van der Waals surface area (Å²) >= 11 is 6.00. The first kappa shape index (κ1) is 13.1. The first-order valence-corrected chi connectivity index (χ1v) is 6.49. The molecule has 1 aromatic heterocycles. The van der Waals surface area contributed by atoms with Crippen molar-refractivity contribution in [1.29, 1.82) is 0 Å². The standard InChI is InChI=1S/C12H17ClN4O/c1-14-10-6-5-9(13)11(15-10)12(18)16-17-7-3-2-4-8-17/h5-6H,2-4,7-8H2,1H3,(H,14,15)(H,16,18). The molecule has 5 nitrogen and oxygen atoms in total. The topological polar surface area (TPSA) is 57.3 Å². The van der Waals surface area contributed by atoms with E-state index in [-0.39, 0.29) is 11.6 Å². The van der Waals surface area contributed by atoms with E-state index in [1.807, 2.05) is 5.01 Å². The summed E-state index contributed by atoms with van der Waals surface area (Å²) in [7, 11) is 1.75. The van der Waals surface area contributed by atoms with Crippen molar-refractivity contribution in [1.82, 2.24) is 15.4 Å². The highest BCUT2D eigenvalue weighted by Gasteiger charge is 2.17. The van der Waals surface area contributed by atoms with Crippen LogP contribution in [0.5, 0.6) is 0 Å². The Morgan fingerprint density at radius 3 is 2.72 bits per heavy atom. The molecule has 18 heavy (non-hydrogen) atoms. The van der Waals surface area contributed by atoms with Crippen LogP contribution >= 0.6 is 11.6 Å². The van der Waals surface area contributed by atoms with Gasteiger partial charge in [-0.25, -0.2) is 9.99 Å². The van der Waals surface area contributed by atoms with Gasteiger partial charge in [-0.05, 0) is 25.0 Å². The number of aromatic nitrogens is 1. The minimum atomic E-state index is -0.251. The smallest absolute Gasteiger partial charge is 0.285 e. The van der Waals surface area contributed by atoms with E-state index in [0.717, 1.165) is 25.9 Å². The molecule has 0 saturated carbocycles. The van der Waals surface area contributed by atoms with Crippen molar-refractivity contribution in [3.63, 3.8) is 0 Å². The summed E-state index contributed by atoms with van der Waals surface area (Å²) in [6.07, 6.45) is 3.44. The van der Waals surface area contributed by atoms with Crippen LogP contribution in [0.15, 0.2) is 12.1 Å². The molecule has 98 valence electrons. The SMILES string of the molecule is CNc1ccc(Cl)c(C(=O)NN2CCCCC2)n1. The van der Waals surface area contributed by atoms with Crippen molar-refractivity contribution in [2.75, 3.05) is 25.5 Å². The summed E-state index contributed by atoms with van der Waals surface area (Å²) in [6, 6.07) is 3.41. The summed E-state index contributed by atoms with van der Waals surface area (Å²) in [4.78, 5) is 16.2. The fourth-order valence-electron chi connectivity index (χ4n) is 1.94. The number of hydrogen-bond donors (Lipinski definition) is 2. The van der Waals surface area contributed by atoms with Crippen LogP contribution in [0, 0.1) is 0 Å². The summed E-state index contributed by atoms with van der Waals surface area (Å²) in [6.45, 7) is 1.77. The second kappa shape index (κ2) is 6.02. The monoisotopic (exact) mass is 268 g/mol. The number of rotatable bonds is 3. The van der Waals surface area contributed by atoms with E-state index in [4.69, 9.17) is 11.6 Å². The van der Waals surface area contributed by atoms with Gasteiger partial charge >= 0.3 is 0 Å². The Bertz CT molecular complexity index is 432. The lowest BCUT2D eigenvalue weighted by Crippen LogP contribution is -2.45. The molecule has 1 aromatic rings. The van der Waals surface area contributed by atoms with Crippen LogP contribution in [0.1, 0.15) is 29.8 Å². The molecule has 2 rings (SSSR count). The molecule has 1 fully saturated rings. The van der Waals surface area contributed by atoms with Crippen LogP contribution in [0.4, 0.5) is 5.82 Å². The average molecular weight is 269 g/mol. The van der Waals surface area contributed by atoms with E-state index < -0.39 is 0 Å². The molecular weight excluding hydrogens is 252 g/mol. The average Bonchev–Trinajstić information content (AvgIpc) is 2.40. The molecule has 1 saturated heterocycles. The Kier molecular flexibility index (Phi) is 4.38. The van der Waals surface area contributed by atoms with Crippen molar-refractivity contribution in [3.8, 4) is 0 Å². The molecule has 0 radical (unpaired) electrons. The number of piperidine rings is 1. The van der Waals surface area contributed by atoms with Crippen molar-refractivity contribution in [2.24, 2.45) is 0 Å². The predicted molar refractivity (Wildman–Crippen MR) is 71.7 cm³/mol. The first-order chi connectivity index (χ1) is 8.70. The highest BCUT2D eigenvalue weighted by atomic mass is 35.5. The van der Waals surface area contributed by atoms with E-state index in [0.29, 0.717) is 10.8 Å². The Morgan fingerprint density at radius 2 is 2.06 bits per heavy atom. The number of amides is 1. The molecule has 0 atom stereocenters. The fourth-order valence-corrected chi connectivity index (χ4v) is 2.13. The van der Waals surface area contributed by atoms with Crippen LogP contribution in [-0.2, 0) is 0 Å². The van der Waals surface area contributed by atoms with Crippen LogP contribution in [-0.4, -0.2) is 36.0 Å². The van der Waals surface area contributed by atoms with E-state index >= 15 is 0 Å². The highest BCUT2D eigenvalue weighted by molar-refractivity contribution is 6.33. The number of nitrogens with zero attached hydrogens (tertiary/aromatic N) is 2. The Balaban J connectivity index is 2.07. The largest absolute Gasteiger partial charge is 0.373 e. The molecule has 2 heterocycles. The summed E-state index contributed by atoms with van der Waals surface area (Å²) in [5, 5.41) is 5.18. The number of halogens is 1. The molecule has 0 aromatic carbocycles. The van der Waals surface area contributed by atoms with Gasteiger partial charge in [-0.3, -0.25) is 10.2 Å². The van der Waals surface area contributed by atoms with Gasteiger partial charge in [0.15, 0.2) is 5.69 Å². The van der Waals surface area contributed by atoms with Gasteiger partial charge in [0.2, 0.25) is 0 Å². The molecular formula is C12H17ClN4O. The van der Waals surface area contributed by atoms with Crippen LogP contribution in [0.2, 0.25) is 5.02 Å². The number of nitrogens with one attached hydrogen (secondary N) is 2. The van der Waals surface area contributed by atoms with Crippen molar-refractivity contribution >= 4 is 23.3 Å². The predicted octanol–water partition coefficient (Wildman–Crippen LogP) is 1.91. The Morgan fingerprint density at radius 1 is 1.33 bits per heavy atom. The Labute approximate surface area is 111 Å². The molecule has 0 spiro atoms. The van der Waals surface area contributed by atoms with Gasteiger partial charge in [-0.1, -0.05) is 18.0 Å². The van der Waals surface area contributed by atoms with Crippen molar-refractivity contribution in [3.05, 3.63) is 22.8 Å². The number of anilines is 1. The molecule has 1 amide bonds. The lowest BCUT2D eigenvalue weighted by atomic mass is 10.2. The third kappa shape index (κ3) is 3.11. The second-order valence-corrected chi connectivity index (χ2v) is 4.67. The fraction of sp³-hybridized carbons (Fsp3) is 0.500. The van der Waals surface area contributed by atoms with Gasteiger partial charge in [0.1, 0.15) is 5.82 Å². The molecule has 1 aliphatic rings. The van der Waals surface area contributed by atoms with Gasteiger partial charge in [-0.2, -0.15) is 0 Å². The van der Waals surface area contributed by atoms with E-state index in [1.54, 1.807) is 19.2 Å². The minimum absolute atomic E-state index is 0.251. The third-order valence-corrected chi connectivity index (χ3v) is 3.24. The van der Waals surface area contributed by atoms with Crippen LogP contribution < -0.4 is 10.7 Å². The zero-order chi connectivity index (χ0) is 13.0. The maximum absolute atomic E-state index is 12.1. The molecule has 0 bridgehead atoms. The number of hydrogen-bond acceptors (Lipinski definition) is 4. The zero-order valence-corrected chi connectivity index (χ0v) is 11.1. The summed E-state index contributed by atoms with van der Waals surface area (Å²) in [5.74, 6) is 0.377. The Hall–Kier alpha value is -1.33. The van der Waals surface area contributed by atoms with Gasteiger partial charge in [0.05, 0.1) is 5.02 Å². The van der Waals surface area contributed by atoms with Gasteiger partial charge in [0.25, 0.3) is 5.91 Å². The number of pyridine rings is 1. The number of carbonyl (C=O) groups is 1. The van der Waals surface area contributed by atoms with Crippen LogP contribution in [0.25, 0.3) is 0 Å². The second-order valence-electron chi connectivity index (χ2n) is 4.27. The van der Waals surface area contributed by atoms with E-state index in [1.165, 1.54) is 6.42 Å². The normalized spacial score (nSPS) is 16.3. The molecule has 6 heteroatoms. The molecule has 1 aliphatic heterocycles. The lowest BCUT2D eigenvalue weighted by molar-refractivity contribution is 0.0745. The summed E-state index contributed by atoms with van der Waals surface area (Å²) in [5.41, 5.74) is 3.11. The van der Waals surface area contributed by atoms with Gasteiger partial charge in [0, 0.05) is 20.1 Å². The third-order valence-electron chi connectivity index (χ3n) is 2.93. The van der Waals surface area contributed by atoms with E-state index in [2.05, 4.69) is 15.7 Å². The summed E-state index contributed by atoms with van der Waals surface area (Å²) < 4.78 is 0. The lowest BCUT2D eigenvalue weighted by Gasteiger charge is -2.26.